The number of aromatic nitrogens is 4. The molecule has 2 N–H and O–H groups in total. The van der Waals surface area contributed by atoms with Gasteiger partial charge in [-0.1, -0.05) is 0 Å². The summed E-state index contributed by atoms with van der Waals surface area (Å²) in [5.41, 5.74) is 2.01. The summed E-state index contributed by atoms with van der Waals surface area (Å²) in [6.07, 6.45) is 2.00. The summed E-state index contributed by atoms with van der Waals surface area (Å²) in [6, 6.07) is 3.72. The molecule has 0 bridgehead atoms. The Labute approximate surface area is 123 Å². The highest BCUT2D eigenvalue weighted by Gasteiger charge is 2.33. The maximum absolute atomic E-state index is 10.2. The van der Waals surface area contributed by atoms with Crippen molar-refractivity contribution >= 4 is 5.95 Å². The summed E-state index contributed by atoms with van der Waals surface area (Å²) in [5, 5.41) is 17.4. The lowest BCUT2D eigenvalue weighted by Crippen LogP contribution is -2.23. The zero-order chi connectivity index (χ0) is 14.8. The summed E-state index contributed by atoms with van der Waals surface area (Å²) >= 11 is 0. The third-order valence-electron chi connectivity index (χ3n) is 3.75. The number of aliphatic hydroxyl groups is 1. The zero-order valence-electron chi connectivity index (χ0n) is 12.2. The van der Waals surface area contributed by atoms with Crippen LogP contribution in [-0.4, -0.2) is 51.6 Å². The van der Waals surface area contributed by atoms with E-state index in [1.807, 2.05) is 17.9 Å². The predicted octanol–water partition coefficient (Wildman–Crippen LogP) is 0.557. The molecule has 0 saturated carbocycles. The second-order valence-corrected chi connectivity index (χ2v) is 5.38. The van der Waals surface area contributed by atoms with E-state index in [0.29, 0.717) is 24.9 Å². The van der Waals surface area contributed by atoms with Gasteiger partial charge in [0.25, 0.3) is 0 Å². The topological polar surface area (TPSA) is 87.2 Å². The van der Waals surface area contributed by atoms with Crippen molar-refractivity contribution in [3.63, 3.8) is 0 Å². The van der Waals surface area contributed by atoms with Gasteiger partial charge in [0.2, 0.25) is 11.8 Å². The summed E-state index contributed by atoms with van der Waals surface area (Å²) in [5.74, 6) is 1.25. The molecule has 2 atom stereocenters. The van der Waals surface area contributed by atoms with Crippen LogP contribution in [0.15, 0.2) is 18.3 Å². The third kappa shape index (κ3) is 2.97. The van der Waals surface area contributed by atoms with Gasteiger partial charge in [0, 0.05) is 37.0 Å². The maximum atomic E-state index is 10.2. The first-order valence-corrected chi connectivity index (χ1v) is 6.96. The minimum atomic E-state index is -0.406. The summed E-state index contributed by atoms with van der Waals surface area (Å²) in [6.45, 7) is 3.21. The number of methoxy groups -OCH3 is 1. The Kier molecular flexibility index (Phi) is 3.74. The maximum Gasteiger partial charge on any atom is 0.228 e. The second-order valence-electron chi connectivity index (χ2n) is 5.38. The smallest absolute Gasteiger partial charge is 0.228 e. The number of rotatable bonds is 4. The normalized spacial score (nSPS) is 21.8. The Morgan fingerprint density at radius 2 is 2.33 bits per heavy atom. The Morgan fingerprint density at radius 1 is 1.48 bits per heavy atom. The molecule has 0 spiro atoms. The van der Waals surface area contributed by atoms with E-state index in [2.05, 4.69) is 20.2 Å². The summed E-state index contributed by atoms with van der Waals surface area (Å²) < 4.78 is 5.11. The molecule has 1 saturated heterocycles. The Bertz CT molecular complexity index is 615. The van der Waals surface area contributed by atoms with Crippen LogP contribution in [0.3, 0.4) is 0 Å². The molecule has 0 aliphatic carbocycles. The van der Waals surface area contributed by atoms with Crippen molar-refractivity contribution < 1.29 is 9.84 Å². The van der Waals surface area contributed by atoms with Crippen LogP contribution in [-0.2, 0) is 6.42 Å². The van der Waals surface area contributed by atoms with Crippen LogP contribution in [0, 0.1) is 12.8 Å². The molecule has 0 unspecified atom stereocenters. The molecule has 1 aliphatic heterocycles. The third-order valence-corrected chi connectivity index (χ3v) is 3.75. The molecule has 7 heteroatoms. The van der Waals surface area contributed by atoms with Gasteiger partial charge < -0.3 is 14.7 Å². The van der Waals surface area contributed by atoms with Crippen molar-refractivity contribution in [2.45, 2.75) is 19.4 Å². The van der Waals surface area contributed by atoms with Gasteiger partial charge in [-0.2, -0.15) is 10.1 Å². The van der Waals surface area contributed by atoms with Crippen molar-refractivity contribution in [3.8, 4) is 5.88 Å². The predicted molar refractivity (Wildman–Crippen MR) is 77.3 cm³/mol. The number of aliphatic hydroxyl groups excluding tert-OH is 1. The standard InChI is InChI=1S/C14H19N5O2/c1-9-5-11(18-17-9)6-10-7-19(8-12(10)20)14-15-4-3-13(16-14)21-2/h3-5,10,12,20H,6-8H2,1-2H3,(H,17,18)/t10-,12-/m1/s1. The molecule has 2 aromatic heterocycles. The average molecular weight is 289 g/mol. The fourth-order valence-electron chi connectivity index (χ4n) is 2.66. The minimum absolute atomic E-state index is 0.127. The highest BCUT2D eigenvalue weighted by Crippen LogP contribution is 2.25. The largest absolute Gasteiger partial charge is 0.481 e. The number of ether oxygens (including phenoxy) is 1. The molecule has 3 rings (SSSR count). The molecule has 0 amide bonds. The van der Waals surface area contributed by atoms with Gasteiger partial charge in [-0.3, -0.25) is 5.10 Å². The summed E-state index contributed by atoms with van der Waals surface area (Å²) in [7, 11) is 1.58. The molecule has 7 nitrogen and oxygen atoms in total. The monoisotopic (exact) mass is 289 g/mol. The fraction of sp³-hybridized carbons (Fsp3) is 0.500. The number of hydrogen-bond acceptors (Lipinski definition) is 6. The van der Waals surface area contributed by atoms with Gasteiger partial charge in [0.15, 0.2) is 0 Å². The molecule has 112 valence electrons. The Hall–Kier alpha value is -2.15. The van der Waals surface area contributed by atoms with Crippen molar-refractivity contribution in [2.75, 3.05) is 25.1 Å². The van der Waals surface area contributed by atoms with E-state index in [1.165, 1.54) is 0 Å². The van der Waals surface area contributed by atoms with Crippen LogP contribution in [0.4, 0.5) is 5.95 Å². The second kappa shape index (κ2) is 5.69. The van der Waals surface area contributed by atoms with E-state index in [-0.39, 0.29) is 5.92 Å². The van der Waals surface area contributed by atoms with E-state index >= 15 is 0 Å². The van der Waals surface area contributed by atoms with Crippen LogP contribution in [0.1, 0.15) is 11.4 Å². The van der Waals surface area contributed by atoms with Crippen LogP contribution in [0.2, 0.25) is 0 Å². The quantitative estimate of drug-likeness (QED) is 0.855. The average Bonchev–Trinajstić information content (AvgIpc) is 3.06. The molecule has 0 radical (unpaired) electrons. The van der Waals surface area contributed by atoms with E-state index in [1.54, 1.807) is 19.4 Å². The van der Waals surface area contributed by atoms with E-state index in [0.717, 1.165) is 17.8 Å². The lowest BCUT2D eigenvalue weighted by atomic mass is 10.0. The van der Waals surface area contributed by atoms with E-state index in [9.17, 15) is 5.11 Å². The van der Waals surface area contributed by atoms with Gasteiger partial charge in [-0.25, -0.2) is 4.98 Å². The van der Waals surface area contributed by atoms with E-state index in [4.69, 9.17) is 4.74 Å². The molecule has 21 heavy (non-hydrogen) atoms. The lowest BCUT2D eigenvalue weighted by Gasteiger charge is -2.15. The Balaban J connectivity index is 1.70. The van der Waals surface area contributed by atoms with Crippen molar-refractivity contribution in [2.24, 2.45) is 5.92 Å². The number of nitrogens with one attached hydrogen (secondary N) is 1. The number of aromatic amines is 1. The van der Waals surface area contributed by atoms with Gasteiger partial charge in [-0.15, -0.1) is 0 Å². The Morgan fingerprint density at radius 3 is 3.05 bits per heavy atom. The molecule has 2 aromatic rings. The molecule has 1 fully saturated rings. The SMILES string of the molecule is COc1ccnc(N2C[C@@H](Cc3cc(C)[nH]n3)[C@H](O)C2)n1. The zero-order valence-corrected chi connectivity index (χ0v) is 12.2. The highest BCUT2D eigenvalue weighted by atomic mass is 16.5. The number of β-amino-alcohol motifs (C(OH)–C–C–N with tert-alkyl or cyclic N) is 1. The number of hydrogen-bond donors (Lipinski definition) is 2. The van der Waals surface area contributed by atoms with Gasteiger partial charge in [0.05, 0.1) is 18.9 Å². The molecule has 0 aromatic carbocycles. The molecular weight excluding hydrogens is 270 g/mol. The molecule has 1 aliphatic rings. The molecule has 3 heterocycles. The number of H-pyrrole nitrogens is 1. The van der Waals surface area contributed by atoms with Crippen molar-refractivity contribution in [1.29, 1.82) is 0 Å². The van der Waals surface area contributed by atoms with Crippen LogP contribution < -0.4 is 9.64 Å². The fourth-order valence-corrected chi connectivity index (χ4v) is 2.66. The van der Waals surface area contributed by atoms with Crippen molar-refractivity contribution in [3.05, 3.63) is 29.7 Å². The number of nitrogens with zero attached hydrogens (tertiary/aromatic N) is 4. The van der Waals surface area contributed by atoms with Gasteiger partial charge >= 0.3 is 0 Å². The van der Waals surface area contributed by atoms with E-state index < -0.39 is 6.10 Å². The van der Waals surface area contributed by atoms with Gasteiger partial charge in [-0.05, 0) is 19.4 Å². The minimum Gasteiger partial charge on any atom is -0.481 e. The van der Waals surface area contributed by atoms with Crippen LogP contribution in [0.5, 0.6) is 5.88 Å². The van der Waals surface area contributed by atoms with Gasteiger partial charge in [0.1, 0.15) is 0 Å². The van der Waals surface area contributed by atoms with Crippen molar-refractivity contribution in [1.82, 2.24) is 20.2 Å². The van der Waals surface area contributed by atoms with Crippen LogP contribution in [0.25, 0.3) is 0 Å². The molecular formula is C14H19N5O2. The first-order valence-electron chi connectivity index (χ1n) is 6.96. The first kappa shape index (κ1) is 13.8. The number of anilines is 1. The first-order chi connectivity index (χ1) is 10.2. The summed E-state index contributed by atoms with van der Waals surface area (Å²) in [4.78, 5) is 10.5. The van der Waals surface area contributed by atoms with Crippen LogP contribution >= 0.6 is 0 Å². The highest BCUT2D eigenvalue weighted by molar-refractivity contribution is 5.34. The lowest BCUT2D eigenvalue weighted by molar-refractivity contribution is 0.147. The number of aryl methyl sites for hydroxylation is 1.